The minimum atomic E-state index is -3.78. The molecule has 1 N–H and O–H groups in total. The summed E-state index contributed by atoms with van der Waals surface area (Å²) in [5, 5.41) is 2.56. The molecule has 0 aliphatic carbocycles. The van der Waals surface area contributed by atoms with Crippen LogP contribution >= 0.6 is 0 Å². The van der Waals surface area contributed by atoms with Gasteiger partial charge in [0.2, 0.25) is 15.9 Å². The van der Waals surface area contributed by atoms with Crippen molar-refractivity contribution in [2.45, 2.75) is 11.8 Å². The van der Waals surface area contributed by atoms with E-state index < -0.39 is 28.4 Å². The lowest BCUT2D eigenvalue weighted by atomic mass is 10.2. The topological polar surface area (TPSA) is 92.8 Å². The number of anilines is 1. The summed E-state index contributed by atoms with van der Waals surface area (Å²) in [5.74, 6) is -1.13. The molecule has 0 saturated heterocycles. The molecule has 26 heavy (non-hydrogen) atoms. The Morgan fingerprint density at radius 1 is 1.04 bits per heavy atom. The van der Waals surface area contributed by atoms with Gasteiger partial charge in [-0.1, -0.05) is 30.3 Å². The van der Waals surface area contributed by atoms with Crippen LogP contribution in [0.5, 0.6) is 0 Å². The second-order valence-electron chi connectivity index (χ2n) is 5.39. The second-order valence-corrected chi connectivity index (χ2v) is 7.43. The number of hydrogen-bond acceptors (Lipinski definition) is 5. The highest BCUT2D eigenvalue weighted by Crippen LogP contribution is 2.17. The van der Waals surface area contributed by atoms with Gasteiger partial charge in [-0.05, 0) is 31.2 Å². The van der Waals surface area contributed by atoms with E-state index in [1.807, 2.05) is 0 Å². The third-order valence-corrected chi connectivity index (χ3v) is 5.33. The van der Waals surface area contributed by atoms with Crippen LogP contribution in [0, 0.1) is 0 Å². The van der Waals surface area contributed by atoms with Gasteiger partial charge in [0.1, 0.15) is 0 Å². The van der Waals surface area contributed by atoms with Crippen molar-refractivity contribution in [3.05, 3.63) is 60.2 Å². The molecule has 0 fully saturated rings. The molecule has 2 aromatic rings. The van der Waals surface area contributed by atoms with Crippen molar-refractivity contribution in [2.24, 2.45) is 0 Å². The highest BCUT2D eigenvalue weighted by atomic mass is 32.2. The monoisotopic (exact) mass is 376 g/mol. The number of carbonyl (C=O) groups excluding carboxylic acids is 2. The zero-order chi connectivity index (χ0) is 19.2. The third-order valence-electron chi connectivity index (χ3n) is 3.51. The van der Waals surface area contributed by atoms with E-state index in [0.29, 0.717) is 0 Å². The Labute approximate surface area is 152 Å². The summed E-state index contributed by atoms with van der Waals surface area (Å²) in [4.78, 5) is 24.3. The number of nitrogens with zero attached hydrogens (tertiary/aromatic N) is 1. The van der Waals surface area contributed by atoms with Crippen molar-refractivity contribution in [2.75, 3.05) is 25.5 Å². The number of esters is 1. The molecule has 2 aromatic carbocycles. The Hall–Kier alpha value is -2.71. The van der Waals surface area contributed by atoms with E-state index in [2.05, 4.69) is 5.32 Å². The maximum atomic E-state index is 12.5. The maximum absolute atomic E-state index is 12.5. The molecule has 0 heterocycles. The lowest BCUT2D eigenvalue weighted by molar-refractivity contribution is -0.116. The van der Waals surface area contributed by atoms with Gasteiger partial charge in [0.05, 0.1) is 29.3 Å². The normalized spacial score (nSPS) is 11.2. The molecule has 0 unspecified atom stereocenters. The molecule has 1 amide bonds. The number of carbonyl (C=O) groups is 2. The lowest BCUT2D eigenvalue weighted by Crippen LogP contribution is -2.35. The van der Waals surface area contributed by atoms with Gasteiger partial charge in [-0.15, -0.1) is 0 Å². The molecule has 0 atom stereocenters. The minimum absolute atomic E-state index is 0.0993. The molecule has 0 spiro atoms. The zero-order valence-corrected chi connectivity index (χ0v) is 15.3. The van der Waals surface area contributed by atoms with Gasteiger partial charge in [-0.25, -0.2) is 13.2 Å². The van der Waals surface area contributed by atoms with Gasteiger partial charge in [0, 0.05) is 7.05 Å². The summed E-state index contributed by atoms with van der Waals surface area (Å²) in [7, 11) is -2.46. The fourth-order valence-corrected chi connectivity index (χ4v) is 3.38. The quantitative estimate of drug-likeness (QED) is 0.747. The Morgan fingerprint density at radius 3 is 2.31 bits per heavy atom. The highest BCUT2D eigenvalue weighted by molar-refractivity contribution is 7.89. The molecule has 0 aliphatic rings. The van der Waals surface area contributed by atoms with E-state index in [0.717, 1.165) is 4.31 Å². The van der Waals surface area contributed by atoms with E-state index >= 15 is 0 Å². The summed E-state index contributed by atoms with van der Waals surface area (Å²) in [6.07, 6.45) is 0. The fourth-order valence-electron chi connectivity index (χ4n) is 2.23. The average molecular weight is 376 g/mol. The number of nitrogens with one attached hydrogen (secondary N) is 1. The van der Waals surface area contributed by atoms with E-state index in [1.165, 1.54) is 25.2 Å². The predicted octanol–water partition coefficient (Wildman–Crippen LogP) is 2.12. The number of likely N-dealkylation sites (N-methyl/N-ethyl adjacent to an activating group) is 1. The van der Waals surface area contributed by atoms with Crippen LogP contribution in [0.15, 0.2) is 59.5 Å². The van der Waals surface area contributed by atoms with Crippen molar-refractivity contribution in [3.8, 4) is 0 Å². The summed E-state index contributed by atoms with van der Waals surface area (Å²) in [5.41, 5.74) is 0.470. The molecule has 0 radical (unpaired) electrons. The van der Waals surface area contributed by atoms with Crippen molar-refractivity contribution < 1.29 is 22.7 Å². The Morgan fingerprint density at radius 2 is 1.65 bits per heavy atom. The van der Waals surface area contributed by atoms with E-state index in [4.69, 9.17) is 4.74 Å². The van der Waals surface area contributed by atoms with Gasteiger partial charge < -0.3 is 10.1 Å². The Kier molecular flexibility index (Phi) is 6.48. The van der Waals surface area contributed by atoms with Crippen LogP contribution in [0.25, 0.3) is 0 Å². The van der Waals surface area contributed by atoms with Crippen molar-refractivity contribution in [1.82, 2.24) is 4.31 Å². The molecule has 0 aliphatic heterocycles. The first-order chi connectivity index (χ1) is 12.4. The smallest absolute Gasteiger partial charge is 0.340 e. The van der Waals surface area contributed by atoms with Gasteiger partial charge in [0.15, 0.2) is 0 Å². The number of sulfonamides is 1. The molecule has 0 bridgehead atoms. The van der Waals surface area contributed by atoms with Crippen molar-refractivity contribution >= 4 is 27.6 Å². The van der Waals surface area contributed by atoms with E-state index in [-0.39, 0.29) is 22.8 Å². The maximum Gasteiger partial charge on any atom is 0.340 e. The lowest BCUT2D eigenvalue weighted by Gasteiger charge is -2.17. The van der Waals surface area contributed by atoms with Crippen molar-refractivity contribution in [3.63, 3.8) is 0 Å². The molecule has 2 rings (SSSR count). The van der Waals surface area contributed by atoms with Gasteiger partial charge in [-0.2, -0.15) is 4.31 Å². The number of benzene rings is 2. The van der Waals surface area contributed by atoms with E-state index in [1.54, 1.807) is 43.3 Å². The number of para-hydroxylation sites is 1. The third kappa shape index (κ3) is 4.68. The summed E-state index contributed by atoms with van der Waals surface area (Å²) < 4.78 is 30.8. The molecular weight excluding hydrogens is 356 g/mol. The average Bonchev–Trinajstić information content (AvgIpc) is 2.63. The Bertz CT molecular complexity index is 881. The first kappa shape index (κ1) is 19.6. The SMILES string of the molecule is CCOC(=O)c1ccccc1NC(=O)CN(C)S(=O)(=O)c1ccccc1. The van der Waals surface area contributed by atoms with Crippen molar-refractivity contribution in [1.29, 1.82) is 0 Å². The van der Waals surface area contributed by atoms with Crippen LogP contribution in [0.1, 0.15) is 17.3 Å². The first-order valence-corrected chi connectivity index (χ1v) is 9.37. The molecule has 0 saturated carbocycles. The van der Waals surface area contributed by atoms with Gasteiger partial charge in [-0.3, -0.25) is 4.79 Å². The Balaban J connectivity index is 2.11. The van der Waals surface area contributed by atoms with Gasteiger partial charge in [0.25, 0.3) is 0 Å². The van der Waals surface area contributed by atoms with Crippen LogP contribution < -0.4 is 5.32 Å². The number of ether oxygens (including phenoxy) is 1. The predicted molar refractivity (Wildman–Crippen MR) is 97.3 cm³/mol. The standard InChI is InChI=1S/C18H20N2O5S/c1-3-25-18(22)15-11-7-8-12-16(15)19-17(21)13-20(2)26(23,24)14-9-5-4-6-10-14/h4-12H,3,13H2,1-2H3,(H,19,21). The summed E-state index contributed by atoms with van der Waals surface area (Å²) in [6.45, 7) is 1.50. The molecular formula is C18H20N2O5S. The number of hydrogen-bond donors (Lipinski definition) is 1. The second kappa shape index (κ2) is 8.59. The largest absolute Gasteiger partial charge is 0.462 e. The molecule has 8 heteroatoms. The zero-order valence-electron chi connectivity index (χ0n) is 14.5. The molecule has 7 nitrogen and oxygen atoms in total. The summed E-state index contributed by atoms with van der Waals surface area (Å²) in [6, 6.07) is 14.2. The van der Waals surface area contributed by atoms with Crippen LogP contribution in [0.4, 0.5) is 5.69 Å². The fraction of sp³-hybridized carbons (Fsp3) is 0.222. The number of amides is 1. The van der Waals surface area contributed by atoms with Crippen LogP contribution in [0.2, 0.25) is 0 Å². The number of rotatable bonds is 7. The van der Waals surface area contributed by atoms with Crippen LogP contribution in [-0.4, -0.2) is 44.8 Å². The summed E-state index contributed by atoms with van der Waals surface area (Å²) >= 11 is 0. The van der Waals surface area contributed by atoms with E-state index in [9.17, 15) is 18.0 Å². The van der Waals surface area contributed by atoms with Gasteiger partial charge >= 0.3 is 5.97 Å². The minimum Gasteiger partial charge on any atom is -0.462 e. The molecule has 138 valence electrons. The van der Waals surface area contributed by atoms with Crippen LogP contribution in [-0.2, 0) is 19.6 Å². The van der Waals surface area contributed by atoms with Crippen LogP contribution in [0.3, 0.4) is 0 Å². The highest BCUT2D eigenvalue weighted by Gasteiger charge is 2.23. The first-order valence-electron chi connectivity index (χ1n) is 7.93. The molecule has 0 aromatic heterocycles.